The fraction of sp³-hybridized carbons (Fsp3) is 0.500. The van der Waals surface area contributed by atoms with Crippen LogP contribution in [0.1, 0.15) is 23.7 Å². The Labute approximate surface area is 108 Å². The predicted molar refractivity (Wildman–Crippen MR) is 74.6 cm³/mol. The minimum atomic E-state index is 0.369. The van der Waals surface area contributed by atoms with E-state index in [2.05, 4.69) is 10.3 Å². The maximum absolute atomic E-state index is 5.72. The normalized spacial score (nSPS) is 10.3. The van der Waals surface area contributed by atoms with Gasteiger partial charge in [0.15, 0.2) is 0 Å². The highest BCUT2D eigenvalue weighted by Gasteiger charge is 2.10. The minimum absolute atomic E-state index is 0.369. The summed E-state index contributed by atoms with van der Waals surface area (Å²) >= 11 is 5.05. The van der Waals surface area contributed by atoms with E-state index < -0.39 is 0 Å². The van der Waals surface area contributed by atoms with E-state index in [1.54, 1.807) is 0 Å². The van der Waals surface area contributed by atoms with Crippen molar-refractivity contribution < 1.29 is 4.74 Å². The fourth-order valence-electron chi connectivity index (χ4n) is 1.66. The second-order valence-electron chi connectivity index (χ2n) is 3.79. The molecule has 0 aliphatic carbocycles. The number of nitrogens with two attached hydrogens (primary N) is 1. The maximum atomic E-state index is 5.72. The molecule has 5 heteroatoms. The molecular weight excluding hydrogens is 234 g/mol. The Balaban J connectivity index is 2.85. The van der Waals surface area contributed by atoms with Gasteiger partial charge < -0.3 is 15.8 Å². The summed E-state index contributed by atoms with van der Waals surface area (Å²) in [4.78, 5) is 4.79. The topological polar surface area (TPSA) is 60.2 Å². The van der Waals surface area contributed by atoms with Gasteiger partial charge in [-0.2, -0.15) is 0 Å². The maximum Gasteiger partial charge on any atom is 0.136 e. The molecule has 0 aromatic carbocycles. The van der Waals surface area contributed by atoms with E-state index in [1.807, 2.05) is 26.8 Å². The van der Waals surface area contributed by atoms with Crippen molar-refractivity contribution in [1.82, 2.24) is 4.98 Å². The summed E-state index contributed by atoms with van der Waals surface area (Å²) < 4.78 is 5.26. The molecule has 0 radical (unpaired) electrons. The Bertz CT molecular complexity index is 407. The summed E-state index contributed by atoms with van der Waals surface area (Å²) in [6.45, 7) is 7.95. The fourth-order valence-corrected chi connectivity index (χ4v) is 1.92. The number of aryl methyl sites for hydroxylation is 2. The Morgan fingerprint density at radius 1 is 1.53 bits per heavy atom. The summed E-state index contributed by atoms with van der Waals surface area (Å²) in [6.07, 6.45) is 0. The van der Waals surface area contributed by atoms with Crippen molar-refractivity contribution in [1.29, 1.82) is 0 Å². The number of hydrogen-bond acceptors (Lipinski definition) is 4. The number of thiocarbonyl (C=S) groups is 1. The van der Waals surface area contributed by atoms with Crippen LogP contribution >= 0.6 is 12.2 Å². The molecule has 0 aliphatic heterocycles. The van der Waals surface area contributed by atoms with Gasteiger partial charge in [-0.1, -0.05) is 12.2 Å². The van der Waals surface area contributed by atoms with Gasteiger partial charge in [0, 0.05) is 18.8 Å². The first-order chi connectivity index (χ1) is 8.06. The number of ether oxygens (including phenoxy) is 1. The van der Waals surface area contributed by atoms with Crippen molar-refractivity contribution in [2.45, 2.75) is 20.8 Å². The average molecular weight is 253 g/mol. The van der Waals surface area contributed by atoms with Gasteiger partial charge in [0.1, 0.15) is 10.8 Å². The molecule has 1 aromatic rings. The van der Waals surface area contributed by atoms with E-state index in [-0.39, 0.29) is 0 Å². The summed E-state index contributed by atoms with van der Waals surface area (Å²) in [6, 6.07) is 1.97. The van der Waals surface area contributed by atoms with E-state index in [4.69, 9.17) is 22.7 Å². The third-order valence-electron chi connectivity index (χ3n) is 2.33. The van der Waals surface area contributed by atoms with E-state index in [1.165, 1.54) is 0 Å². The van der Waals surface area contributed by atoms with Crippen LogP contribution in [-0.4, -0.2) is 29.7 Å². The van der Waals surface area contributed by atoms with Crippen molar-refractivity contribution >= 4 is 23.0 Å². The lowest BCUT2D eigenvalue weighted by Crippen LogP contribution is -2.18. The average Bonchev–Trinajstić information content (AvgIpc) is 2.22. The van der Waals surface area contributed by atoms with Gasteiger partial charge in [-0.05, 0) is 32.4 Å². The number of rotatable bonds is 6. The largest absolute Gasteiger partial charge is 0.389 e. The van der Waals surface area contributed by atoms with Crippen LogP contribution in [0.4, 0.5) is 5.82 Å². The summed E-state index contributed by atoms with van der Waals surface area (Å²) in [5.41, 5.74) is 8.53. The highest BCUT2D eigenvalue weighted by Crippen LogP contribution is 2.18. The molecule has 3 N–H and O–H groups in total. The van der Waals surface area contributed by atoms with Crippen LogP contribution in [0.15, 0.2) is 6.07 Å². The first-order valence-corrected chi connectivity index (χ1v) is 6.06. The van der Waals surface area contributed by atoms with Gasteiger partial charge in [0.05, 0.1) is 12.2 Å². The predicted octanol–water partition coefficient (Wildman–Crippen LogP) is 1.78. The lowest BCUT2D eigenvalue weighted by atomic mass is 10.1. The molecule has 0 amide bonds. The molecule has 0 fully saturated rings. The Kier molecular flexibility index (Phi) is 5.31. The molecule has 94 valence electrons. The second-order valence-corrected chi connectivity index (χ2v) is 4.23. The van der Waals surface area contributed by atoms with Crippen LogP contribution in [0.25, 0.3) is 0 Å². The quantitative estimate of drug-likeness (QED) is 0.598. The molecule has 1 rings (SSSR count). The van der Waals surface area contributed by atoms with Gasteiger partial charge in [0.2, 0.25) is 0 Å². The van der Waals surface area contributed by atoms with Gasteiger partial charge in [-0.25, -0.2) is 4.98 Å². The Morgan fingerprint density at radius 2 is 2.24 bits per heavy atom. The minimum Gasteiger partial charge on any atom is -0.389 e. The number of pyridine rings is 1. The number of anilines is 1. The Hall–Kier alpha value is -1.20. The summed E-state index contributed by atoms with van der Waals surface area (Å²) in [7, 11) is 0. The zero-order valence-electron chi connectivity index (χ0n) is 10.5. The molecule has 0 saturated heterocycles. The lowest BCUT2D eigenvalue weighted by molar-refractivity contribution is 0.158. The van der Waals surface area contributed by atoms with Gasteiger partial charge in [-0.15, -0.1) is 0 Å². The van der Waals surface area contributed by atoms with Crippen LogP contribution in [-0.2, 0) is 4.74 Å². The number of aromatic nitrogens is 1. The second kappa shape index (κ2) is 6.51. The van der Waals surface area contributed by atoms with E-state index in [9.17, 15) is 0 Å². The summed E-state index contributed by atoms with van der Waals surface area (Å²) in [5.74, 6) is 0.745. The molecule has 0 aliphatic rings. The highest BCUT2D eigenvalue weighted by molar-refractivity contribution is 7.80. The molecule has 0 atom stereocenters. The van der Waals surface area contributed by atoms with Crippen molar-refractivity contribution in [2.75, 3.05) is 25.1 Å². The molecule has 1 heterocycles. The van der Waals surface area contributed by atoms with Crippen LogP contribution in [0.2, 0.25) is 0 Å². The van der Waals surface area contributed by atoms with Gasteiger partial charge >= 0.3 is 0 Å². The standard InChI is InChI=1S/C12H19N3OS/c1-4-16-6-5-14-12-10(11(13)17)8(2)7-9(3)15-12/h7H,4-6H2,1-3H3,(H2,13,17)(H,14,15). The number of hydrogen-bond donors (Lipinski definition) is 2. The number of nitrogens with zero attached hydrogens (tertiary/aromatic N) is 1. The molecule has 17 heavy (non-hydrogen) atoms. The number of nitrogens with one attached hydrogen (secondary N) is 1. The monoisotopic (exact) mass is 253 g/mol. The van der Waals surface area contributed by atoms with Crippen LogP contribution in [0.5, 0.6) is 0 Å². The van der Waals surface area contributed by atoms with Crippen molar-refractivity contribution in [2.24, 2.45) is 5.73 Å². The Morgan fingerprint density at radius 3 is 2.82 bits per heavy atom. The van der Waals surface area contributed by atoms with E-state index in [0.717, 1.165) is 22.6 Å². The highest BCUT2D eigenvalue weighted by atomic mass is 32.1. The first kappa shape index (κ1) is 13.9. The smallest absolute Gasteiger partial charge is 0.136 e. The molecule has 0 bridgehead atoms. The molecule has 0 spiro atoms. The third-order valence-corrected chi connectivity index (χ3v) is 2.54. The molecular formula is C12H19N3OS. The lowest BCUT2D eigenvalue weighted by Gasteiger charge is -2.13. The SMILES string of the molecule is CCOCCNc1nc(C)cc(C)c1C(N)=S. The van der Waals surface area contributed by atoms with Crippen molar-refractivity contribution in [3.63, 3.8) is 0 Å². The van der Waals surface area contributed by atoms with Crippen molar-refractivity contribution in [3.8, 4) is 0 Å². The molecule has 4 nitrogen and oxygen atoms in total. The molecule has 0 saturated carbocycles. The molecule has 0 unspecified atom stereocenters. The molecule has 1 aromatic heterocycles. The van der Waals surface area contributed by atoms with Gasteiger partial charge in [-0.3, -0.25) is 0 Å². The van der Waals surface area contributed by atoms with Crippen molar-refractivity contribution in [3.05, 3.63) is 22.9 Å². The van der Waals surface area contributed by atoms with Crippen LogP contribution in [0, 0.1) is 13.8 Å². The van der Waals surface area contributed by atoms with E-state index >= 15 is 0 Å². The van der Waals surface area contributed by atoms with Crippen LogP contribution < -0.4 is 11.1 Å². The van der Waals surface area contributed by atoms with Gasteiger partial charge in [0.25, 0.3) is 0 Å². The zero-order chi connectivity index (χ0) is 12.8. The van der Waals surface area contributed by atoms with Crippen LogP contribution in [0.3, 0.4) is 0 Å². The third kappa shape index (κ3) is 3.94. The van der Waals surface area contributed by atoms with E-state index in [0.29, 0.717) is 24.7 Å². The summed E-state index contributed by atoms with van der Waals surface area (Å²) in [5, 5.41) is 3.21. The first-order valence-electron chi connectivity index (χ1n) is 5.66. The zero-order valence-corrected chi connectivity index (χ0v) is 11.4.